The third-order valence-electron chi connectivity index (χ3n) is 4.90. The molecule has 2 heterocycles. The van der Waals surface area contributed by atoms with Crippen LogP contribution in [0.5, 0.6) is 0 Å². The molecule has 0 aliphatic rings. The van der Waals surface area contributed by atoms with Crippen LogP contribution in [0.1, 0.15) is 31.9 Å². The SMILES string of the molecule is Cc1cc(C)cc(NC(=O)c2sc3ncn(Cc4ccccc4Cl)c(=O)c3c2C)c1. The summed E-state index contributed by atoms with van der Waals surface area (Å²) in [6.07, 6.45) is 1.51. The van der Waals surface area contributed by atoms with Gasteiger partial charge in [0, 0.05) is 10.7 Å². The minimum Gasteiger partial charge on any atom is -0.321 e. The maximum Gasteiger partial charge on any atom is 0.266 e. The first kappa shape index (κ1) is 20.3. The van der Waals surface area contributed by atoms with Gasteiger partial charge in [0.15, 0.2) is 0 Å². The number of halogens is 1. The van der Waals surface area contributed by atoms with Gasteiger partial charge in [-0.2, -0.15) is 0 Å². The molecule has 5 nitrogen and oxygen atoms in total. The van der Waals surface area contributed by atoms with Gasteiger partial charge in [0.1, 0.15) is 4.83 Å². The molecule has 0 radical (unpaired) electrons. The van der Waals surface area contributed by atoms with Crippen LogP contribution in [0.15, 0.2) is 53.6 Å². The van der Waals surface area contributed by atoms with Crippen molar-refractivity contribution in [3.8, 4) is 0 Å². The van der Waals surface area contributed by atoms with Crippen LogP contribution < -0.4 is 10.9 Å². The molecule has 30 heavy (non-hydrogen) atoms. The smallest absolute Gasteiger partial charge is 0.266 e. The highest BCUT2D eigenvalue weighted by Crippen LogP contribution is 2.28. The summed E-state index contributed by atoms with van der Waals surface area (Å²) in [6.45, 7) is 6.08. The Hall–Kier alpha value is -2.96. The van der Waals surface area contributed by atoms with Gasteiger partial charge >= 0.3 is 0 Å². The van der Waals surface area contributed by atoms with Gasteiger partial charge in [0.25, 0.3) is 11.5 Å². The summed E-state index contributed by atoms with van der Waals surface area (Å²) in [5.74, 6) is -0.238. The maximum atomic E-state index is 13.1. The van der Waals surface area contributed by atoms with E-state index in [0.29, 0.717) is 32.2 Å². The highest BCUT2D eigenvalue weighted by Gasteiger charge is 2.20. The number of aryl methyl sites for hydroxylation is 3. The molecular formula is C23H20ClN3O2S. The first-order valence-electron chi connectivity index (χ1n) is 9.45. The minimum atomic E-state index is -0.238. The molecule has 7 heteroatoms. The van der Waals surface area contributed by atoms with Gasteiger partial charge in [-0.15, -0.1) is 11.3 Å². The average molecular weight is 438 g/mol. The first-order valence-corrected chi connectivity index (χ1v) is 10.6. The molecule has 0 fully saturated rings. The minimum absolute atomic E-state index is 0.181. The predicted octanol–water partition coefficient (Wildman–Crippen LogP) is 5.34. The zero-order valence-corrected chi connectivity index (χ0v) is 18.4. The second kappa shape index (κ2) is 8.05. The number of carbonyl (C=O) groups excluding carboxylic acids is 1. The number of benzene rings is 2. The van der Waals surface area contributed by atoms with Crippen molar-refractivity contribution in [2.75, 3.05) is 5.32 Å². The van der Waals surface area contributed by atoms with E-state index in [0.717, 1.165) is 22.4 Å². The second-order valence-corrected chi connectivity index (χ2v) is 8.74. The topological polar surface area (TPSA) is 64.0 Å². The van der Waals surface area contributed by atoms with Crippen molar-refractivity contribution in [1.29, 1.82) is 0 Å². The second-order valence-electron chi connectivity index (χ2n) is 7.34. The Morgan fingerprint density at radius 2 is 1.83 bits per heavy atom. The number of nitrogens with one attached hydrogen (secondary N) is 1. The zero-order valence-electron chi connectivity index (χ0n) is 16.8. The molecule has 0 aliphatic carbocycles. The number of aromatic nitrogens is 2. The van der Waals surface area contributed by atoms with E-state index in [-0.39, 0.29) is 11.5 Å². The predicted molar refractivity (Wildman–Crippen MR) is 123 cm³/mol. The lowest BCUT2D eigenvalue weighted by atomic mass is 10.1. The molecule has 0 atom stereocenters. The van der Waals surface area contributed by atoms with Crippen molar-refractivity contribution in [2.45, 2.75) is 27.3 Å². The van der Waals surface area contributed by atoms with Gasteiger partial charge in [-0.1, -0.05) is 35.9 Å². The summed E-state index contributed by atoms with van der Waals surface area (Å²) in [5.41, 5.74) is 4.17. The largest absolute Gasteiger partial charge is 0.321 e. The summed E-state index contributed by atoms with van der Waals surface area (Å²) in [5, 5.41) is 4.01. The monoisotopic (exact) mass is 437 g/mol. The highest BCUT2D eigenvalue weighted by molar-refractivity contribution is 7.20. The lowest BCUT2D eigenvalue weighted by molar-refractivity contribution is 0.103. The fourth-order valence-corrected chi connectivity index (χ4v) is 4.76. The van der Waals surface area contributed by atoms with Gasteiger partial charge in [0.2, 0.25) is 0 Å². The van der Waals surface area contributed by atoms with Crippen LogP contribution in [0.3, 0.4) is 0 Å². The number of fused-ring (bicyclic) bond motifs is 1. The Morgan fingerprint density at radius 3 is 2.53 bits per heavy atom. The molecule has 2 aromatic heterocycles. The summed E-state index contributed by atoms with van der Waals surface area (Å²) >= 11 is 7.46. The molecule has 0 saturated carbocycles. The molecule has 2 aromatic carbocycles. The van der Waals surface area contributed by atoms with E-state index in [9.17, 15) is 9.59 Å². The summed E-state index contributed by atoms with van der Waals surface area (Å²) < 4.78 is 1.52. The van der Waals surface area contributed by atoms with E-state index in [4.69, 9.17) is 11.6 Å². The van der Waals surface area contributed by atoms with Crippen LogP contribution in [0.25, 0.3) is 10.2 Å². The maximum absolute atomic E-state index is 13.1. The van der Waals surface area contributed by atoms with Crippen LogP contribution in [-0.4, -0.2) is 15.5 Å². The Labute approximate surface area is 183 Å². The Kier molecular flexibility index (Phi) is 5.45. The molecule has 0 aliphatic heterocycles. The number of anilines is 1. The van der Waals surface area contributed by atoms with Gasteiger partial charge < -0.3 is 5.32 Å². The number of thiophene rings is 1. The molecule has 152 valence electrons. The molecule has 1 N–H and O–H groups in total. The summed E-state index contributed by atoms with van der Waals surface area (Å²) in [7, 11) is 0. The fourth-order valence-electron chi connectivity index (χ4n) is 3.53. The first-order chi connectivity index (χ1) is 14.3. The van der Waals surface area contributed by atoms with Crippen molar-refractivity contribution < 1.29 is 4.79 Å². The van der Waals surface area contributed by atoms with E-state index in [1.54, 1.807) is 13.0 Å². The number of rotatable bonds is 4. The summed E-state index contributed by atoms with van der Waals surface area (Å²) in [6, 6.07) is 13.3. The quantitative estimate of drug-likeness (QED) is 0.468. The van der Waals surface area contributed by atoms with Crippen LogP contribution in [0.4, 0.5) is 5.69 Å². The lowest BCUT2D eigenvalue weighted by Crippen LogP contribution is -2.21. The number of hydrogen-bond donors (Lipinski definition) is 1. The molecule has 0 bridgehead atoms. The number of hydrogen-bond acceptors (Lipinski definition) is 4. The van der Waals surface area contributed by atoms with Crippen molar-refractivity contribution in [3.05, 3.63) is 91.3 Å². The van der Waals surface area contributed by atoms with Crippen molar-refractivity contribution in [3.63, 3.8) is 0 Å². The molecule has 0 saturated heterocycles. The summed E-state index contributed by atoms with van der Waals surface area (Å²) in [4.78, 5) is 31.5. The van der Waals surface area contributed by atoms with E-state index < -0.39 is 0 Å². The fraction of sp³-hybridized carbons (Fsp3) is 0.174. The van der Waals surface area contributed by atoms with Gasteiger partial charge in [-0.25, -0.2) is 4.98 Å². The van der Waals surface area contributed by atoms with Gasteiger partial charge in [0.05, 0.1) is 23.1 Å². The standard InChI is InChI=1S/C23H20ClN3O2S/c1-13-8-14(2)10-17(9-13)26-21(28)20-15(3)19-22(30-20)25-12-27(23(19)29)11-16-6-4-5-7-18(16)24/h4-10,12H,11H2,1-3H3,(H,26,28). The van der Waals surface area contributed by atoms with Crippen LogP contribution >= 0.6 is 22.9 Å². The van der Waals surface area contributed by atoms with Gasteiger partial charge in [-0.05, 0) is 61.2 Å². The molecule has 4 rings (SSSR count). The third kappa shape index (κ3) is 3.88. The lowest BCUT2D eigenvalue weighted by Gasteiger charge is -2.07. The highest BCUT2D eigenvalue weighted by atomic mass is 35.5. The number of nitrogens with zero attached hydrogens (tertiary/aromatic N) is 2. The average Bonchev–Trinajstić information content (AvgIpc) is 3.02. The Bertz CT molecular complexity index is 1320. The van der Waals surface area contributed by atoms with Gasteiger partial charge in [-0.3, -0.25) is 14.2 Å². The van der Waals surface area contributed by atoms with Crippen LogP contribution in [-0.2, 0) is 6.54 Å². The van der Waals surface area contributed by atoms with E-state index >= 15 is 0 Å². The molecule has 0 spiro atoms. The normalized spacial score (nSPS) is 11.1. The van der Waals surface area contributed by atoms with Crippen molar-refractivity contribution in [1.82, 2.24) is 9.55 Å². The number of amides is 1. The molecule has 1 amide bonds. The number of carbonyl (C=O) groups is 1. The molecular weight excluding hydrogens is 418 g/mol. The van der Waals surface area contributed by atoms with Crippen molar-refractivity contribution >= 4 is 44.7 Å². The van der Waals surface area contributed by atoms with E-state index in [1.807, 2.05) is 50.2 Å². The van der Waals surface area contributed by atoms with E-state index in [2.05, 4.69) is 10.3 Å². The van der Waals surface area contributed by atoms with Crippen LogP contribution in [0, 0.1) is 20.8 Å². The van der Waals surface area contributed by atoms with E-state index in [1.165, 1.54) is 22.2 Å². The molecule has 4 aromatic rings. The Balaban J connectivity index is 1.70. The zero-order chi connectivity index (χ0) is 21.4. The molecule has 0 unspecified atom stereocenters. The Morgan fingerprint density at radius 1 is 1.13 bits per heavy atom. The van der Waals surface area contributed by atoms with Crippen molar-refractivity contribution in [2.24, 2.45) is 0 Å². The van der Waals surface area contributed by atoms with Crippen LogP contribution in [0.2, 0.25) is 5.02 Å². The third-order valence-corrected chi connectivity index (χ3v) is 6.47.